The number of halogens is 3. The van der Waals surface area contributed by atoms with Crippen molar-refractivity contribution < 1.29 is 17.7 Å². The van der Waals surface area contributed by atoms with Gasteiger partial charge in [0.05, 0.1) is 0 Å². The molecule has 0 radical (unpaired) electrons. The van der Waals surface area contributed by atoms with Crippen LogP contribution in [0.5, 0.6) is 0 Å². The highest BCUT2D eigenvalue weighted by molar-refractivity contribution is 4.74. The van der Waals surface area contributed by atoms with Crippen molar-refractivity contribution in [3.63, 3.8) is 0 Å². The fraction of sp³-hybridized carbons (Fsp3) is 0.750. The van der Waals surface area contributed by atoms with E-state index in [0.717, 1.165) is 0 Å². The van der Waals surface area contributed by atoms with Crippen LogP contribution in [0.2, 0.25) is 0 Å². The second kappa shape index (κ2) is 5.69. The van der Waals surface area contributed by atoms with Crippen molar-refractivity contribution in [3.8, 4) is 0 Å². The van der Waals surface area contributed by atoms with Gasteiger partial charge in [-0.25, -0.2) is 0 Å². The minimum atomic E-state index is -4.06. The predicted octanol–water partition coefficient (Wildman–Crippen LogP) is 1.54. The summed E-state index contributed by atoms with van der Waals surface area (Å²) in [5.41, 5.74) is 0. The number of rotatable bonds is 6. The normalized spacial score (nSPS) is 11.9. The topological polar surface area (TPSA) is 51.0 Å². The van der Waals surface area contributed by atoms with Gasteiger partial charge in [0.15, 0.2) is 6.33 Å². The summed E-state index contributed by atoms with van der Waals surface area (Å²) < 4.78 is 39.9. The van der Waals surface area contributed by atoms with Crippen LogP contribution in [0.25, 0.3) is 0 Å². The summed E-state index contributed by atoms with van der Waals surface area (Å²) in [5, 5.41) is 6.28. The van der Waals surface area contributed by atoms with Crippen molar-refractivity contribution in [2.75, 3.05) is 13.1 Å². The van der Waals surface area contributed by atoms with Crippen molar-refractivity contribution in [3.05, 3.63) is 12.2 Å². The number of alkyl halides is 3. The average Bonchev–Trinajstić information content (AvgIpc) is 2.61. The van der Waals surface area contributed by atoms with Crippen LogP contribution in [0.4, 0.5) is 13.2 Å². The van der Waals surface area contributed by atoms with Crippen molar-refractivity contribution in [1.82, 2.24) is 15.5 Å². The van der Waals surface area contributed by atoms with E-state index in [4.69, 9.17) is 4.52 Å². The van der Waals surface area contributed by atoms with Crippen LogP contribution in [0.15, 0.2) is 10.9 Å². The van der Waals surface area contributed by atoms with E-state index in [1.165, 1.54) is 6.33 Å². The molecule has 0 saturated heterocycles. The van der Waals surface area contributed by atoms with Crippen LogP contribution in [0.3, 0.4) is 0 Å². The summed E-state index contributed by atoms with van der Waals surface area (Å²) >= 11 is 0. The van der Waals surface area contributed by atoms with Gasteiger partial charge in [0.25, 0.3) is 0 Å². The molecule has 86 valence electrons. The predicted molar refractivity (Wildman–Crippen MR) is 46.2 cm³/mol. The quantitative estimate of drug-likeness (QED) is 0.743. The summed E-state index contributed by atoms with van der Waals surface area (Å²) in [7, 11) is 0. The van der Waals surface area contributed by atoms with Gasteiger partial charge >= 0.3 is 6.18 Å². The lowest BCUT2D eigenvalue weighted by molar-refractivity contribution is -0.135. The Morgan fingerprint density at radius 1 is 1.33 bits per heavy atom. The first-order valence-electron chi connectivity index (χ1n) is 4.61. The minimum Gasteiger partial charge on any atom is -0.340 e. The molecule has 0 fully saturated rings. The molecule has 0 amide bonds. The highest BCUT2D eigenvalue weighted by Crippen LogP contribution is 2.20. The SMILES string of the molecule is FC(F)(F)CCCNCCc1ncno1. The molecule has 7 heteroatoms. The molecule has 0 saturated carbocycles. The molecular weight excluding hydrogens is 211 g/mol. The molecule has 0 spiro atoms. The second-order valence-electron chi connectivity index (χ2n) is 3.05. The molecule has 0 aliphatic rings. The molecule has 0 bridgehead atoms. The maximum Gasteiger partial charge on any atom is 0.389 e. The Kier molecular flexibility index (Phi) is 4.54. The van der Waals surface area contributed by atoms with Crippen molar-refractivity contribution in [2.24, 2.45) is 0 Å². The van der Waals surface area contributed by atoms with Gasteiger partial charge < -0.3 is 9.84 Å². The highest BCUT2D eigenvalue weighted by atomic mass is 19.4. The molecule has 1 aromatic rings. The molecule has 1 aromatic heterocycles. The lowest BCUT2D eigenvalue weighted by Crippen LogP contribution is -2.20. The van der Waals surface area contributed by atoms with Crippen LogP contribution >= 0.6 is 0 Å². The van der Waals surface area contributed by atoms with Gasteiger partial charge in [-0.1, -0.05) is 5.16 Å². The molecular formula is C8H12F3N3O. The maximum atomic E-state index is 11.7. The molecule has 1 N–H and O–H groups in total. The Labute approximate surface area is 84.9 Å². The van der Waals surface area contributed by atoms with E-state index in [1.54, 1.807) is 0 Å². The fourth-order valence-corrected chi connectivity index (χ4v) is 1.04. The van der Waals surface area contributed by atoms with Gasteiger partial charge in [-0.2, -0.15) is 18.2 Å². The van der Waals surface area contributed by atoms with Crippen LogP contribution in [0, 0.1) is 0 Å². The Morgan fingerprint density at radius 2 is 2.13 bits per heavy atom. The van der Waals surface area contributed by atoms with Crippen LogP contribution in [0.1, 0.15) is 18.7 Å². The zero-order valence-electron chi connectivity index (χ0n) is 8.05. The zero-order valence-corrected chi connectivity index (χ0v) is 8.05. The van der Waals surface area contributed by atoms with E-state index in [2.05, 4.69) is 15.5 Å². The third-order valence-electron chi connectivity index (χ3n) is 1.74. The number of aromatic nitrogens is 2. The number of hydrogen-bond donors (Lipinski definition) is 1. The van der Waals surface area contributed by atoms with Crippen molar-refractivity contribution in [2.45, 2.75) is 25.4 Å². The molecule has 0 atom stereocenters. The van der Waals surface area contributed by atoms with E-state index < -0.39 is 12.6 Å². The third-order valence-corrected chi connectivity index (χ3v) is 1.74. The van der Waals surface area contributed by atoms with Gasteiger partial charge in [0, 0.05) is 19.4 Å². The summed E-state index contributed by atoms with van der Waals surface area (Å²) in [5.74, 6) is 0.485. The Morgan fingerprint density at radius 3 is 2.73 bits per heavy atom. The van der Waals surface area contributed by atoms with Gasteiger partial charge in [0.1, 0.15) is 0 Å². The number of nitrogens with one attached hydrogen (secondary N) is 1. The molecule has 0 aliphatic carbocycles. The minimum absolute atomic E-state index is 0.0906. The Bertz CT molecular complexity index is 261. The molecule has 0 aliphatic heterocycles. The number of hydrogen-bond acceptors (Lipinski definition) is 4. The Balaban J connectivity index is 1.94. The van der Waals surface area contributed by atoms with Crippen LogP contribution in [-0.2, 0) is 6.42 Å². The fourth-order valence-electron chi connectivity index (χ4n) is 1.04. The summed E-state index contributed by atoms with van der Waals surface area (Å²) in [4.78, 5) is 3.78. The van der Waals surface area contributed by atoms with E-state index in [-0.39, 0.29) is 6.42 Å². The first-order valence-corrected chi connectivity index (χ1v) is 4.61. The molecule has 1 heterocycles. The largest absolute Gasteiger partial charge is 0.389 e. The first-order chi connectivity index (χ1) is 7.08. The molecule has 1 rings (SSSR count). The van der Waals surface area contributed by atoms with E-state index in [0.29, 0.717) is 25.4 Å². The molecule has 0 unspecified atom stereocenters. The average molecular weight is 223 g/mol. The second-order valence-corrected chi connectivity index (χ2v) is 3.05. The van der Waals surface area contributed by atoms with Crippen LogP contribution in [-0.4, -0.2) is 29.4 Å². The van der Waals surface area contributed by atoms with E-state index in [9.17, 15) is 13.2 Å². The summed E-state index contributed by atoms with van der Waals surface area (Å²) in [6.07, 6.45) is -2.90. The highest BCUT2D eigenvalue weighted by Gasteiger charge is 2.25. The molecule has 0 aromatic carbocycles. The van der Waals surface area contributed by atoms with E-state index >= 15 is 0 Å². The zero-order chi connectivity index (χ0) is 11.1. The van der Waals surface area contributed by atoms with Crippen molar-refractivity contribution >= 4 is 0 Å². The van der Waals surface area contributed by atoms with E-state index in [1.807, 2.05) is 0 Å². The first kappa shape index (κ1) is 12.0. The van der Waals surface area contributed by atoms with Crippen LogP contribution < -0.4 is 5.32 Å². The lowest BCUT2D eigenvalue weighted by atomic mass is 10.3. The van der Waals surface area contributed by atoms with Gasteiger partial charge in [-0.05, 0) is 13.0 Å². The van der Waals surface area contributed by atoms with Gasteiger partial charge in [-0.3, -0.25) is 0 Å². The smallest absolute Gasteiger partial charge is 0.340 e. The number of nitrogens with zero attached hydrogens (tertiary/aromatic N) is 2. The van der Waals surface area contributed by atoms with Crippen molar-refractivity contribution in [1.29, 1.82) is 0 Å². The standard InChI is InChI=1S/C8H12F3N3O/c9-8(10,11)3-1-4-12-5-2-7-13-6-14-15-7/h6,12H,1-5H2. The Hall–Kier alpha value is -1.11. The van der Waals surface area contributed by atoms with Gasteiger partial charge in [-0.15, -0.1) is 0 Å². The van der Waals surface area contributed by atoms with Gasteiger partial charge in [0.2, 0.25) is 5.89 Å². The maximum absolute atomic E-state index is 11.7. The monoisotopic (exact) mass is 223 g/mol. The summed E-state index contributed by atoms with van der Waals surface area (Å²) in [6.45, 7) is 0.883. The summed E-state index contributed by atoms with van der Waals surface area (Å²) in [6, 6.07) is 0. The molecule has 4 nitrogen and oxygen atoms in total. The molecule has 15 heavy (non-hydrogen) atoms. The third kappa shape index (κ3) is 6.05. The lowest BCUT2D eigenvalue weighted by Gasteiger charge is -2.06.